The van der Waals surface area contributed by atoms with Gasteiger partial charge in [0, 0.05) is 16.1 Å². The third-order valence-electron chi connectivity index (χ3n) is 4.02. The van der Waals surface area contributed by atoms with Crippen molar-refractivity contribution in [2.45, 2.75) is 0 Å². The lowest BCUT2D eigenvalue weighted by Crippen LogP contribution is -2.54. The van der Waals surface area contributed by atoms with Crippen LogP contribution in [-0.2, 0) is 9.59 Å². The Morgan fingerprint density at radius 2 is 1.86 bits per heavy atom. The molecule has 0 aliphatic carbocycles. The monoisotopic (exact) mass is 425 g/mol. The first kappa shape index (κ1) is 18.5. The van der Waals surface area contributed by atoms with Crippen LogP contribution in [0.4, 0.5) is 5.69 Å². The number of nitrogens with zero attached hydrogens (tertiary/aromatic N) is 2. The van der Waals surface area contributed by atoms with Crippen molar-refractivity contribution in [3.8, 4) is 10.6 Å². The second-order valence-electron chi connectivity index (χ2n) is 5.85. The van der Waals surface area contributed by atoms with Gasteiger partial charge in [-0.25, -0.2) is 0 Å². The largest absolute Gasteiger partial charge is 0.298 e. The topological polar surface area (TPSA) is 62.3 Å². The number of anilines is 1. The molecule has 0 atom stereocenters. The molecule has 0 radical (unpaired) electrons. The number of aromatic nitrogens is 1. The van der Waals surface area contributed by atoms with Crippen LogP contribution in [0.25, 0.3) is 16.6 Å². The second-order valence-corrected chi connectivity index (χ2v) is 7.79. The van der Waals surface area contributed by atoms with Crippen LogP contribution in [0.1, 0.15) is 4.88 Å². The molecule has 0 unspecified atom stereocenters. The number of hydrogen-bond donors (Lipinski definition) is 1. The molecule has 8 heteroatoms. The fourth-order valence-electron chi connectivity index (χ4n) is 2.70. The van der Waals surface area contributed by atoms with E-state index in [2.05, 4.69) is 10.3 Å². The molecule has 2 amide bonds. The number of benzene rings is 1. The van der Waals surface area contributed by atoms with Gasteiger partial charge < -0.3 is 0 Å². The van der Waals surface area contributed by atoms with Gasteiger partial charge in [0.15, 0.2) is 5.11 Å². The first-order valence-electron chi connectivity index (χ1n) is 8.21. The molecular formula is C20H12ClN3O2S2. The average Bonchev–Trinajstić information content (AvgIpc) is 3.16. The van der Waals surface area contributed by atoms with Crippen molar-refractivity contribution in [3.05, 3.63) is 76.3 Å². The number of hydrogen-bond acceptors (Lipinski definition) is 5. The van der Waals surface area contributed by atoms with Crippen molar-refractivity contribution in [2.24, 2.45) is 0 Å². The predicted molar refractivity (Wildman–Crippen MR) is 115 cm³/mol. The molecule has 1 N–H and O–H groups in total. The summed E-state index contributed by atoms with van der Waals surface area (Å²) >= 11 is 12.5. The van der Waals surface area contributed by atoms with Gasteiger partial charge in [0.05, 0.1) is 16.3 Å². The van der Waals surface area contributed by atoms with Gasteiger partial charge in [-0.15, -0.1) is 11.3 Å². The molecule has 1 saturated heterocycles. The smallest absolute Gasteiger partial charge is 0.270 e. The number of carbonyl (C=O) groups is 2. The molecule has 1 aliphatic heterocycles. The minimum Gasteiger partial charge on any atom is -0.298 e. The highest BCUT2D eigenvalue weighted by Gasteiger charge is 2.34. The minimum absolute atomic E-state index is 0.0120. The summed E-state index contributed by atoms with van der Waals surface area (Å²) in [7, 11) is 0. The fraction of sp³-hybridized carbons (Fsp3) is 0. The van der Waals surface area contributed by atoms with Crippen molar-refractivity contribution in [2.75, 3.05) is 4.90 Å². The average molecular weight is 426 g/mol. The van der Waals surface area contributed by atoms with E-state index in [9.17, 15) is 9.59 Å². The maximum atomic E-state index is 13.0. The molecule has 2 aromatic heterocycles. The molecule has 1 aliphatic rings. The van der Waals surface area contributed by atoms with E-state index >= 15 is 0 Å². The highest BCUT2D eigenvalue weighted by atomic mass is 35.5. The Hall–Kier alpha value is -2.87. The van der Waals surface area contributed by atoms with Gasteiger partial charge in [-0.1, -0.05) is 17.7 Å². The highest BCUT2D eigenvalue weighted by Crippen LogP contribution is 2.29. The quantitative estimate of drug-likeness (QED) is 0.386. The second kappa shape index (κ2) is 7.63. The number of pyridine rings is 1. The molecule has 0 spiro atoms. The summed E-state index contributed by atoms with van der Waals surface area (Å²) < 4.78 is 0. The lowest BCUT2D eigenvalue weighted by atomic mass is 10.1. The first-order valence-corrected chi connectivity index (χ1v) is 9.81. The number of thiocarbonyl (C=S) groups is 1. The SMILES string of the molecule is O=C1NC(=S)N(c2ccc(Cl)cc2)C(=O)/C1=C/c1ccc(-c2ccccn2)s1. The summed E-state index contributed by atoms with van der Waals surface area (Å²) in [6.45, 7) is 0. The fourth-order valence-corrected chi connectivity index (χ4v) is 4.04. The van der Waals surface area contributed by atoms with E-state index < -0.39 is 11.8 Å². The molecule has 1 fully saturated rings. The Morgan fingerprint density at radius 1 is 1.07 bits per heavy atom. The van der Waals surface area contributed by atoms with Gasteiger partial charge in [0.2, 0.25) is 0 Å². The molecule has 138 valence electrons. The van der Waals surface area contributed by atoms with Gasteiger partial charge >= 0.3 is 0 Å². The number of halogens is 1. The van der Waals surface area contributed by atoms with E-state index in [1.165, 1.54) is 16.2 Å². The zero-order valence-electron chi connectivity index (χ0n) is 14.3. The Morgan fingerprint density at radius 3 is 2.57 bits per heavy atom. The van der Waals surface area contributed by atoms with Gasteiger partial charge in [-0.2, -0.15) is 0 Å². The molecule has 3 heterocycles. The van der Waals surface area contributed by atoms with Crippen LogP contribution in [0.3, 0.4) is 0 Å². The summed E-state index contributed by atoms with van der Waals surface area (Å²) in [6.07, 6.45) is 3.29. The van der Waals surface area contributed by atoms with Crippen molar-refractivity contribution in [1.82, 2.24) is 10.3 Å². The van der Waals surface area contributed by atoms with E-state index in [-0.39, 0.29) is 10.7 Å². The minimum atomic E-state index is -0.520. The first-order chi connectivity index (χ1) is 13.5. The number of amides is 2. The lowest BCUT2D eigenvalue weighted by molar-refractivity contribution is -0.122. The number of thiophene rings is 1. The van der Waals surface area contributed by atoms with Crippen molar-refractivity contribution < 1.29 is 9.59 Å². The summed E-state index contributed by atoms with van der Waals surface area (Å²) in [6, 6.07) is 16.1. The van der Waals surface area contributed by atoms with Crippen LogP contribution in [-0.4, -0.2) is 21.9 Å². The molecule has 0 bridgehead atoms. The number of rotatable bonds is 3. The molecule has 28 heavy (non-hydrogen) atoms. The van der Waals surface area contributed by atoms with E-state index in [0.29, 0.717) is 10.7 Å². The molecule has 0 saturated carbocycles. The predicted octanol–water partition coefficient (Wildman–Crippen LogP) is 4.29. The van der Waals surface area contributed by atoms with Crippen LogP contribution in [0.2, 0.25) is 5.02 Å². The summed E-state index contributed by atoms with van der Waals surface area (Å²) in [4.78, 5) is 32.7. The van der Waals surface area contributed by atoms with E-state index in [1.54, 1.807) is 36.5 Å². The van der Waals surface area contributed by atoms with Gasteiger partial charge in [0.25, 0.3) is 11.8 Å². The maximum absolute atomic E-state index is 13.0. The van der Waals surface area contributed by atoms with Crippen LogP contribution in [0.15, 0.2) is 66.4 Å². The maximum Gasteiger partial charge on any atom is 0.270 e. The Bertz CT molecular complexity index is 1110. The zero-order valence-corrected chi connectivity index (χ0v) is 16.6. The van der Waals surface area contributed by atoms with E-state index in [0.717, 1.165) is 15.4 Å². The van der Waals surface area contributed by atoms with Crippen molar-refractivity contribution >= 4 is 63.8 Å². The van der Waals surface area contributed by atoms with Crippen molar-refractivity contribution in [1.29, 1.82) is 0 Å². The van der Waals surface area contributed by atoms with Gasteiger partial charge in [-0.05, 0) is 66.8 Å². The van der Waals surface area contributed by atoms with Crippen LogP contribution in [0, 0.1) is 0 Å². The number of carbonyl (C=O) groups excluding carboxylic acids is 2. The summed E-state index contributed by atoms with van der Waals surface area (Å²) in [5.74, 6) is -1.00. The molecular weight excluding hydrogens is 414 g/mol. The standard InChI is InChI=1S/C20H12ClN3O2S2/c21-12-4-6-13(7-5-12)24-19(26)15(18(25)23-20(24)27)11-14-8-9-17(28-14)16-3-1-2-10-22-16/h1-11H,(H,23,25,27)/b15-11+. The van der Waals surface area contributed by atoms with Crippen LogP contribution in [0.5, 0.6) is 0 Å². The Kier molecular flexibility index (Phi) is 5.04. The molecule has 4 rings (SSSR count). The van der Waals surface area contributed by atoms with Gasteiger partial charge in [0.1, 0.15) is 5.57 Å². The molecule has 5 nitrogen and oxygen atoms in total. The van der Waals surface area contributed by atoms with E-state index in [4.69, 9.17) is 23.8 Å². The van der Waals surface area contributed by atoms with Crippen molar-refractivity contribution in [3.63, 3.8) is 0 Å². The summed E-state index contributed by atoms with van der Waals surface area (Å²) in [5, 5.41) is 3.15. The normalized spacial score (nSPS) is 15.8. The Labute approximate surface area is 175 Å². The van der Waals surface area contributed by atoms with Crippen LogP contribution < -0.4 is 10.2 Å². The lowest BCUT2D eigenvalue weighted by Gasteiger charge is -2.28. The number of nitrogens with one attached hydrogen (secondary N) is 1. The van der Waals surface area contributed by atoms with E-state index in [1.807, 2.05) is 30.3 Å². The van der Waals surface area contributed by atoms with Gasteiger partial charge in [-0.3, -0.25) is 24.8 Å². The third kappa shape index (κ3) is 3.60. The highest BCUT2D eigenvalue weighted by molar-refractivity contribution is 7.80. The summed E-state index contributed by atoms with van der Waals surface area (Å²) in [5.41, 5.74) is 1.38. The zero-order chi connectivity index (χ0) is 19.7. The van der Waals surface area contributed by atoms with Crippen LogP contribution >= 0.6 is 35.2 Å². The molecule has 3 aromatic rings. The third-order valence-corrected chi connectivity index (χ3v) is 5.61. The molecule has 1 aromatic carbocycles. The Balaban J connectivity index is 1.67.